The summed E-state index contributed by atoms with van der Waals surface area (Å²) < 4.78 is 1.01. The van der Waals surface area contributed by atoms with Crippen LogP contribution in [0.15, 0.2) is 41.3 Å². The van der Waals surface area contributed by atoms with E-state index in [1.54, 1.807) is 12.5 Å². The molecule has 17 heavy (non-hydrogen) atoms. The third kappa shape index (κ3) is 2.81. The molecule has 0 aliphatic heterocycles. The molecule has 2 aromatic rings. The molecule has 1 aromatic carbocycles. The van der Waals surface area contributed by atoms with Gasteiger partial charge in [-0.3, -0.25) is 0 Å². The third-order valence-electron chi connectivity index (χ3n) is 2.30. The van der Waals surface area contributed by atoms with E-state index >= 15 is 0 Å². The Labute approximate surface area is 108 Å². The predicted octanol–water partition coefficient (Wildman–Crippen LogP) is 2.28. The number of hydrogen-bond acceptors (Lipinski definition) is 4. The molecule has 0 spiro atoms. The van der Waals surface area contributed by atoms with Gasteiger partial charge in [0, 0.05) is 23.1 Å². The van der Waals surface area contributed by atoms with Crippen molar-refractivity contribution >= 4 is 21.6 Å². The third-order valence-corrected chi connectivity index (χ3v) is 2.99. The number of rotatable bonds is 4. The number of anilines is 1. The minimum absolute atomic E-state index is 0.574. The lowest BCUT2D eigenvalue weighted by molar-refractivity contribution is 1.02. The van der Waals surface area contributed by atoms with Crippen LogP contribution in [-0.2, 0) is 0 Å². The van der Waals surface area contributed by atoms with Crippen LogP contribution in [0, 0.1) is 0 Å². The van der Waals surface area contributed by atoms with Gasteiger partial charge >= 0.3 is 0 Å². The molecule has 0 saturated heterocycles. The lowest BCUT2D eigenvalue weighted by atomic mass is 10.1. The van der Waals surface area contributed by atoms with Crippen molar-refractivity contribution in [2.24, 2.45) is 5.73 Å². The minimum Gasteiger partial charge on any atom is -0.381 e. The summed E-state index contributed by atoms with van der Waals surface area (Å²) in [5.41, 5.74) is 8.29. The zero-order valence-electron chi connectivity index (χ0n) is 9.23. The Hall–Kier alpha value is -1.46. The second kappa shape index (κ2) is 5.75. The lowest BCUT2D eigenvalue weighted by Crippen LogP contribution is -2.14. The number of aromatic nitrogens is 2. The van der Waals surface area contributed by atoms with Gasteiger partial charge in [-0.2, -0.15) is 0 Å². The molecule has 4 nitrogen and oxygen atoms in total. The van der Waals surface area contributed by atoms with Gasteiger partial charge in [0.25, 0.3) is 0 Å². The highest BCUT2D eigenvalue weighted by atomic mass is 79.9. The second-order valence-electron chi connectivity index (χ2n) is 3.48. The first-order valence-corrected chi connectivity index (χ1v) is 6.11. The van der Waals surface area contributed by atoms with E-state index in [2.05, 4.69) is 31.2 Å². The monoisotopic (exact) mass is 292 g/mol. The number of benzene rings is 1. The van der Waals surface area contributed by atoms with E-state index in [1.165, 1.54) is 0 Å². The highest BCUT2D eigenvalue weighted by Gasteiger charge is 2.08. The molecule has 5 heteroatoms. The van der Waals surface area contributed by atoms with E-state index in [-0.39, 0.29) is 0 Å². The molecule has 88 valence electrons. The van der Waals surface area contributed by atoms with Gasteiger partial charge in [0.05, 0.1) is 17.6 Å². The predicted molar refractivity (Wildman–Crippen MR) is 72.7 cm³/mol. The van der Waals surface area contributed by atoms with Crippen molar-refractivity contribution < 1.29 is 0 Å². The number of nitrogens with two attached hydrogens (primary N) is 1. The van der Waals surface area contributed by atoms with Crippen molar-refractivity contribution in [2.45, 2.75) is 0 Å². The van der Waals surface area contributed by atoms with Crippen molar-refractivity contribution in [3.63, 3.8) is 0 Å². The molecule has 0 atom stereocenters. The molecule has 1 aromatic heterocycles. The molecular weight excluding hydrogens is 280 g/mol. The number of nitrogens with one attached hydrogen (secondary N) is 1. The van der Waals surface area contributed by atoms with Crippen LogP contribution in [0.2, 0.25) is 0 Å². The summed E-state index contributed by atoms with van der Waals surface area (Å²) in [6, 6.07) is 7.96. The van der Waals surface area contributed by atoms with Gasteiger partial charge in [-0.15, -0.1) is 0 Å². The van der Waals surface area contributed by atoms with Gasteiger partial charge in [-0.05, 0) is 6.07 Å². The maximum atomic E-state index is 5.48. The standard InChI is InChI=1S/C12H13BrN4/c13-10-4-2-1-3-9(10)12-11(16-6-5-14)7-15-8-17-12/h1-4,7-8,16H,5-6,14H2. The molecular formula is C12H13BrN4. The Morgan fingerprint density at radius 2 is 2.12 bits per heavy atom. The van der Waals surface area contributed by atoms with Crippen LogP contribution in [0.3, 0.4) is 0 Å². The van der Waals surface area contributed by atoms with E-state index in [9.17, 15) is 0 Å². The maximum Gasteiger partial charge on any atom is 0.116 e. The second-order valence-corrected chi connectivity index (χ2v) is 4.33. The number of halogens is 1. The van der Waals surface area contributed by atoms with Gasteiger partial charge in [0.1, 0.15) is 6.33 Å². The summed E-state index contributed by atoms with van der Waals surface area (Å²) in [7, 11) is 0. The highest BCUT2D eigenvalue weighted by molar-refractivity contribution is 9.10. The molecule has 0 amide bonds. The fourth-order valence-electron chi connectivity index (χ4n) is 1.53. The van der Waals surface area contributed by atoms with Gasteiger partial charge < -0.3 is 11.1 Å². The molecule has 0 aliphatic rings. The molecule has 0 aliphatic carbocycles. The van der Waals surface area contributed by atoms with Crippen molar-refractivity contribution in [1.82, 2.24) is 9.97 Å². The van der Waals surface area contributed by atoms with Crippen molar-refractivity contribution in [3.05, 3.63) is 41.3 Å². The van der Waals surface area contributed by atoms with Crippen LogP contribution in [-0.4, -0.2) is 23.1 Å². The summed E-state index contributed by atoms with van der Waals surface area (Å²) in [5, 5.41) is 3.22. The quantitative estimate of drug-likeness (QED) is 0.907. The summed E-state index contributed by atoms with van der Waals surface area (Å²) >= 11 is 3.52. The topological polar surface area (TPSA) is 63.8 Å². The van der Waals surface area contributed by atoms with E-state index in [1.807, 2.05) is 24.3 Å². The molecule has 0 unspecified atom stereocenters. The largest absolute Gasteiger partial charge is 0.381 e. The maximum absolute atomic E-state index is 5.48. The summed E-state index contributed by atoms with van der Waals surface area (Å²) in [5.74, 6) is 0. The first-order valence-electron chi connectivity index (χ1n) is 5.32. The lowest BCUT2D eigenvalue weighted by Gasteiger charge is -2.10. The fraction of sp³-hybridized carbons (Fsp3) is 0.167. The Morgan fingerprint density at radius 1 is 1.29 bits per heavy atom. The zero-order valence-corrected chi connectivity index (χ0v) is 10.8. The van der Waals surface area contributed by atoms with Crippen molar-refractivity contribution in [3.8, 4) is 11.3 Å². The Bertz CT molecular complexity index is 501. The summed E-state index contributed by atoms with van der Waals surface area (Å²) in [6.45, 7) is 1.27. The van der Waals surface area contributed by atoms with E-state index in [0.29, 0.717) is 13.1 Å². The molecule has 1 heterocycles. The van der Waals surface area contributed by atoms with Gasteiger partial charge in [-0.1, -0.05) is 34.1 Å². The van der Waals surface area contributed by atoms with Gasteiger partial charge in [0.2, 0.25) is 0 Å². The van der Waals surface area contributed by atoms with Crippen LogP contribution in [0.1, 0.15) is 0 Å². The van der Waals surface area contributed by atoms with Crippen LogP contribution < -0.4 is 11.1 Å². The number of hydrogen-bond donors (Lipinski definition) is 2. The Balaban J connectivity index is 2.41. The molecule has 0 fully saturated rings. The summed E-state index contributed by atoms with van der Waals surface area (Å²) in [6.07, 6.45) is 3.31. The Morgan fingerprint density at radius 3 is 2.88 bits per heavy atom. The van der Waals surface area contributed by atoms with E-state index in [4.69, 9.17) is 5.73 Å². The SMILES string of the molecule is NCCNc1cncnc1-c1ccccc1Br. The highest BCUT2D eigenvalue weighted by Crippen LogP contribution is 2.30. The minimum atomic E-state index is 0.574. The molecule has 0 saturated carbocycles. The van der Waals surface area contributed by atoms with Crippen molar-refractivity contribution in [1.29, 1.82) is 0 Å². The van der Waals surface area contributed by atoms with Crippen LogP contribution >= 0.6 is 15.9 Å². The first-order chi connectivity index (χ1) is 8.33. The number of nitrogens with zero attached hydrogens (tertiary/aromatic N) is 2. The van der Waals surface area contributed by atoms with E-state index in [0.717, 1.165) is 21.4 Å². The average molecular weight is 293 g/mol. The molecule has 0 radical (unpaired) electrons. The Kier molecular flexibility index (Phi) is 4.06. The van der Waals surface area contributed by atoms with Crippen molar-refractivity contribution in [2.75, 3.05) is 18.4 Å². The fourth-order valence-corrected chi connectivity index (χ4v) is 2.01. The van der Waals surface area contributed by atoms with Gasteiger partial charge in [-0.25, -0.2) is 9.97 Å². The summed E-state index contributed by atoms with van der Waals surface area (Å²) in [4.78, 5) is 8.34. The van der Waals surface area contributed by atoms with Gasteiger partial charge in [0.15, 0.2) is 0 Å². The zero-order chi connectivity index (χ0) is 12.1. The average Bonchev–Trinajstić information content (AvgIpc) is 2.37. The van der Waals surface area contributed by atoms with E-state index < -0.39 is 0 Å². The van der Waals surface area contributed by atoms with Crippen LogP contribution in [0.25, 0.3) is 11.3 Å². The molecule has 2 rings (SSSR count). The molecule has 0 bridgehead atoms. The molecule has 3 N–H and O–H groups in total. The smallest absolute Gasteiger partial charge is 0.116 e. The normalized spacial score (nSPS) is 10.2. The first kappa shape index (κ1) is 12.0. The van der Waals surface area contributed by atoms with Crippen LogP contribution in [0.4, 0.5) is 5.69 Å². The van der Waals surface area contributed by atoms with Crippen LogP contribution in [0.5, 0.6) is 0 Å².